The predicted octanol–water partition coefficient (Wildman–Crippen LogP) is 2.51. The normalized spacial score (nSPS) is 14.4. The minimum atomic E-state index is 0.581. The molecule has 1 saturated heterocycles. The summed E-state index contributed by atoms with van der Waals surface area (Å²) in [5.41, 5.74) is 2.15. The fraction of sp³-hybridized carbons (Fsp3) is 0.444. The molecule has 1 aromatic heterocycles. The summed E-state index contributed by atoms with van der Waals surface area (Å²) in [6.07, 6.45) is 2.69. The van der Waals surface area contributed by atoms with Gasteiger partial charge in [0.15, 0.2) is 0 Å². The van der Waals surface area contributed by atoms with Gasteiger partial charge in [0.2, 0.25) is 5.95 Å². The maximum atomic E-state index is 5.45. The van der Waals surface area contributed by atoms with Gasteiger partial charge >= 0.3 is 0 Å². The quantitative estimate of drug-likeness (QED) is 0.714. The summed E-state index contributed by atoms with van der Waals surface area (Å²) in [5, 5.41) is 6.63. The zero-order valence-electron chi connectivity index (χ0n) is 14.6. The van der Waals surface area contributed by atoms with Gasteiger partial charge in [-0.1, -0.05) is 12.1 Å². The van der Waals surface area contributed by atoms with Crippen molar-refractivity contribution in [2.24, 2.45) is 0 Å². The third-order valence-corrected chi connectivity index (χ3v) is 3.99. The molecule has 7 heteroatoms. The minimum Gasteiger partial charge on any atom is -0.385 e. The number of methoxy groups -OCH3 is 1. The highest BCUT2D eigenvalue weighted by Gasteiger charge is 2.15. The second kappa shape index (κ2) is 9.19. The Balaban J connectivity index is 1.68. The molecule has 2 heterocycles. The highest BCUT2D eigenvalue weighted by Crippen LogP contribution is 2.28. The SMILES string of the molecule is COCCCNc1ccnc(Nc2ccccc2N2CCOCC2)n1. The molecule has 1 aliphatic heterocycles. The van der Waals surface area contributed by atoms with Crippen molar-refractivity contribution in [3.63, 3.8) is 0 Å². The smallest absolute Gasteiger partial charge is 0.229 e. The predicted molar refractivity (Wildman–Crippen MR) is 99.8 cm³/mol. The van der Waals surface area contributed by atoms with Gasteiger partial charge in [0.1, 0.15) is 5.82 Å². The average molecular weight is 343 g/mol. The molecule has 0 atom stereocenters. The van der Waals surface area contributed by atoms with Crippen LogP contribution in [0.25, 0.3) is 0 Å². The molecule has 25 heavy (non-hydrogen) atoms. The number of anilines is 4. The highest BCUT2D eigenvalue weighted by molar-refractivity contribution is 5.73. The number of para-hydroxylation sites is 2. The molecule has 0 saturated carbocycles. The monoisotopic (exact) mass is 343 g/mol. The van der Waals surface area contributed by atoms with Crippen LogP contribution in [0.3, 0.4) is 0 Å². The lowest BCUT2D eigenvalue weighted by Gasteiger charge is -2.30. The lowest BCUT2D eigenvalue weighted by Crippen LogP contribution is -2.36. The maximum Gasteiger partial charge on any atom is 0.229 e. The van der Waals surface area contributed by atoms with E-state index < -0.39 is 0 Å². The van der Waals surface area contributed by atoms with Crippen LogP contribution in [0.1, 0.15) is 6.42 Å². The van der Waals surface area contributed by atoms with Crippen molar-refractivity contribution in [3.8, 4) is 0 Å². The maximum absolute atomic E-state index is 5.45. The largest absolute Gasteiger partial charge is 0.385 e. The number of hydrogen-bond acceptors (Lipinski definition) is 7. The van der Waals surface area contributed by atoms with Crippen molar-refractivity contribution in [1.82, 2.24) is 9.97 Å². The third-order valence-electron chi connectivity index (χ3n) is 3.99. The number of rotatable bonds is 8. The second-order valence-corrected chi connectivity index (χ2v) is 5.78. The van der Waals surface area contributed by atoms with Crippen molar-refractivity contribution >= 4 is 23.1 Å². The van der Waals surface area contributed by atoms with E-state index >= 15 is 0 Å². The fourth-order valence-electron chi connectivity index (χ4n) is 2.73. The third kappa shape index (κ3) is 5.04. The molecule has 0 unspecified atom stereocenters. The Morgan fingerprint density at radius 2 is 2.04 bits per heavy atom. The number of nitrogens with zero attached hydrogens (tertiary/aromatic N) is 3. The molecule has 2 N–H and O–H groups in total. The first-order valence-corrected chi connectivity index (χ1v) is 8.61. The van der Waals surface area contributed by atoms with Crippen LogP contribution in [-0.2, 0) is 9.47 Å². The summed E-state index contributed by atoms with van der Waals surface area (Å²) in [6, 6.07) is 10.1. The molecule has 0 spiro atoms. The Morgan fingerprint density at radius 3 is 2.88 bits per heavy atom. The molecule has 3 rings (SSSR count). The van der Waals surface area contributed by atoms with E-state index in [1.807, 2.05) is 24.3 Å². The molecule has 0 bridgehead atoms. The van der Waals surface area contributed by atoms with Gasteiger partial charge in [-0.3, -0.25) is 0 Å². The van der Waals surface area contributed by atoms with E-state index in [0.717, 1.165) is 63.1 Å². The van der Waals surface area contributed by atoms with E-state index in [0.29, 0.717) is 5.95 Å². The topological polar surface area (TPSA) is 71.5 Å². The van der Waals surface area contributed by atoms with E-state index in [1.54, 1.807) is 13.3 Å². The van der Waals surface area contributed by atoms with E-state index in [1.165, 1.54) is 0 Å². The summed E-state index contributed by atoms with van der Waals surface area (Å²) in [5.74, 6) is 1.38. The fourth-order valence-corrected chi connectivity index (χ4v) is 2.73. The van der Waals surface area contributed by atoms with Gasteiger partial charge in [-0.25, -0.2) is 4.98 Å². The molecule has 0 radical (unpaired) electrons. The van der Waals surface area contributed by atoms with Gasteiger partial charge in [0.05, 0.1) is 24.6 Å². The first kappa shape index (κ1) is 17.4. The Labute approximate surface area is 148 Å². The van der Waals surface area contributed by atoms with Crippen LogP contribution in [0, 0.1) is 0 Å². The van der Waals surface area contributed by atoms with Crippen LogP contribution in [0.4, 0.5) is 23.1 Å². The second-order valence-electron chi connectivity index (χ2n) is 5.78. The van der Waals surface area contributed by atoms with Crippen LogP contribution in [0.15, 0.2) is 36.5 Å². The van der Waals surface area contributed by atoms with Gasteiger partial charge < -0.3 is 25.0 Å². The minimum absolute atomic E-state index is 0.581. The van der Waals surface area contributed by atoms with Crippen LogP contribution in [-0.4, -0.2) is 56.5 Å². The number of hydrogen-bond donors (Lipinski definition) is 2. The van der Waals surface area contributed by atoms with Crippen LogP contribution < -0.4 is 15.5 Å². The molecule has 0 amide bonds. The zero-order valence-corrected chi connectivity index (χ0v) is 14.6. The summed E-state index contributed by atoms with van der Waals surface area (Å²) in [6.45, 7) is 4.84. The molecular weight excluding hydrogens is 318 g/mol. The van der Waals surface area contributed by atoms with Crippen molar-refractivity contribution in [3.05, 3.63) is 36.5 Å². The molecule has 1 aliphatic rings. The standard InChI is InChI=1S/C18H25N5O2/c1-24-12-4-8-19-17-7-9-20-18(22-17)21-15-5-2-3-6-16(15)23-10-13-25-14-11-23/h2-3,5-7,9H,4,8,10-14H2,1H3,(H2,19,20,21,22). The lowest BCUT2D eigenvalue weighted by molar-refractivity contribution is 0.123. The summed E-state index contributed by atoms with van der Waals surface area (Å²) < 4.78 is 10.5. The molecule has 1 fully saturated rings. The summed E-state index contributed by atoms with van der Waals surface area (Å²) >= 11 is 0. The average Bonchev–Trinajstić information content (AvgIpc) is 2.67. The lowest BCUT2D eigenvalue weighted by atomic mass is 10.2. The first-order valence-electron chi connectivity index (χ1n) is 8.61. The van der Waals surface area contributed by atoms with Gasteiger partial charge in [0, 0.05) is 39.5 Å². The van der Waals surface area contributed by atoms with Gasteiger partial charge in [-0.15, -0.1) is 0 Å². The number of benzene rings is 1. The Morgan fingerprint density at radius 1 is 1.20 bits per heavy atom. The number of nitrogens with one attached hydrogen (secondary N) is 2. The van der Waals surface area contributed by atoms with E-state index in [-0.39, 0.29) is 0 Å². The summed E-state index contributed by atoms with van der Waals surface area (Å²) in [4.78, 5) is 11.2. The zero-order chi connectivity index (χ0) is 17.3. The van der Waals surface area contributed by atoms with E-state index in [2.05, 4.69) is 31.6 Å². The van der Waals surface area contributed by atoms with Gasteiger partial charge in [-0.2, -0.15) is 4.98 Å². The molecule has 2 aromatic rings. The molecule has 7 nitrogen and oxygen atoms in total. The van der Waals surface area contributed by atoms with Crippen LogP contribution in [0.2, 0.25) is 0 Å². The van der Waals surface area contributed by atoms with Gasteiger partial charge in [-0.05, 0) is 24.6 Å². The first-order chi connectivity index (χ1) is 12.4. The van der Waals surface area contributed by atoms with Crippen LogP contribution in [0.5, 0.6) is 0 Å². The molecule has 0 aliphatic carbocycles. The van der Waals surface area contributed by atoms with Crippen molar-refractivity contribution in [2.45, 2.75) is 6.42 Å². The van der Waals surface area contributed by atoms with Crippen molar-refractivity contribution in [1.29, 1.82) is 0 Å². The van der Waals surface area contributed by atoms with Crippen LogP contribution >= 0.6 is 0 Å². The Kier molecular flexibility index (Phi) is 6.42. The highest BCUT2D eigenvalue weighted by atomic mass is 16.5. The van der Waals surface area contributed by atoms with E-state index in [9.17, 15) is 0 Å². The Hall–Kier alpha value is -2.38. The molecular formula is C18H25N5O2. The number of morpholine rings is 1. The molecule has 134 valence electrons. The Bertz CT molecular complexity index is 661. The number of aromatic nitrogens is 2. The van der Waals surface area contributed by atoms with Crippen molar-refractivity contribution < 1.29 is 9.47 Å². The number of ether oxygens (including phenoxy) is 2. The van der Waals surface area contributed by atoms with Gasteiger partial charge in [0.25, 0.3) is 0 Å². The molecule has 1 aromatic carbocycles. The van der Waals surface area contributed by atoms with Crippen molar-refractivity contribution in [2.75, 3.05) is 62.1 Å². The summed E-state index contributed by atoms with van der Waals surface area (Å²) in [7, 11) is 1.71. The van der Waals surface area contributed by atoms with E-state index in [4.69, 9.17) is 9.47 Å².